The van der Waals surface area contributed by atoms with Crippen molar-refractivity contribution in [2.24, 2.45) is 11.2 Å². The average Bonchev–Trinajstić information content (AvgIpc) is 2.78. The number of esters is 1. The van der Waals surface area contributed by atoms with Crippen molar-refractivity contribution in [3.63, 3.8) is 0 Å². The molecule has 0 radical (unpaired) electrons. The Morgan fingerprint density at radius 3 is 2.26 bits per heavy atom. The topological polar surface area (TPSA) is 101 Å². The monoisotopic (exact) mass is 540 g/mol. The van der Waals surface area contributed by atoms with Crippen LogP contribution in [-0.2, 0) is 9.53 Å². The number of rotatable bonds is 10. The number of carbonyl (C=O) groups excluding carboxylic acids is 2. The van der Waals surface area contributed by atoms with Gasteiger partial charge in [0.2, 0.25) is 0 Å². The van der Waals surface area contributed by atoms with Crippen LogP contribution in [0.2, 0.25) is 5.02 Å². The third-order valence-electron chi connectivity index (χ3n) is 4.94. The summed E-state index contributed by atoms with van der Waals surface area (Å²) in [5, 5.41) is 6.92. The smallest absolute Gasteiger partial charge is 0.344 e. The minimum absolute atomic E-state index is 0. The van der Waals surface area contributed by atoms with Crippen molar-refractivity contribution in [2.45, 2.75) is 38.6 Å². The Hall–Kier alpha value is -1.81. The summed E-state index contributed by atoms with van der Waals surface area (Å²) in [5.41, 5.74) is 0. The van der Waals surface area contributed by atoms with Gasteiger partial charge in [-0.25, -0.2) is 9.59 Å². The predicted molar refractivity (Wildman–Crippen MR) is 137 cm³/mol. The lowest BCUT2D eigenvalue weighted by Gasteiger charge is -2.27. The van der Waals surface area contributed by atoms with Crippen LogP contribution in [0.4, 0.5) is 4.79 Å². The summed E-state index contributed by atoms with van der Waals surface area (Å²) in [4.78, 5) is 35.2. The van der Waals surface area contributed by atoms with E-state index in [2.05, 4.69) is 17.5 Å². The van der Waals surface area contributed by atoms with Gasteiger partial charge in [-0.1, -0.05) is 18.5 Å². The zero-order valence-corrected chi connectivity index (χ0v) is 22.2. The molecule has 1 aliphatic carbocycles. The van der Waals surface area contributed by atoms with E-state index in [0.29, 0.717) is 23.9 Å². The molecule has 34 heavy (non-hydrogen) atoms. The molecule has 0 spiro atoms. The molecular weight excluding hydrogens is 507 g/mol. The zero-order chi connectivity index (χ0) is 24.6. The number of nitroso groups, excluding NO2 is 1. The van der Waals surface area contributed by atoms with Gasteiger partial charge in [0, 0.05) is 23.5 Å². The minimum atomic E-state index is -0.435. The Kier molecular flexibility index (Phi) is 17.5. The molecule has 0 aliphatic heterocycles. The maximum atomic E-state index is 11.6. The third-order valence-corrected chi connectivity index (χ3v) is 5.37. The molecule has 0 atom stereocenters. The van der Waals surface area contributed by atoms with E-state index in [0.717, 1.165) is 36.6 Å². The number of nitrogens with one attached hydrogen (secondary N) is 1. The molecule has 0 heterocycles. The number of nitrogens with zero attached hydrogens (tertiary/aromatic N) is 3. The summed E-state index contributed by atoms with van der Waals surface area (Å²) in [7, 11) is 3.83. The Morgan fingerprint density at radius 1 is 1.12 bits per heavy atom. The van der Waals surface area contributed by atoms with Crippen LogP contribution in [0.3, 0.4) is 0 Å². The van der Waals surface area contributed by atoms with Crippen LogP contribution < -0.4 is 10.1 Å². The van der Waals surface area contributed by atoms with Crippen molar-refractivity contribution in [3.8, 4) is 5.75 Å². The fourth-order valence-corrected chi connectivity index (χ4v) is 3.26. The van der Waals surface area contributed by atoms with E-state index < -0.39 is 6.03 Å². The molecule has 194 valence electrons. The van der Waals surface area contributed by atoms with Crippen molar-refractivity contribution < 1.29 is 19.1 Å². The van der Waals surface area contributed by atoms with Crippen molar-refractivity contribution >= 4 is 47.6 Å². The normalized spacial score (nSPS) is 16.9. The van der Waals surface area contributed by atoms with Gasteiger partial charge in [-0.15, -0.1) is 28.9 Å². The van der Waals surface area contributed by atoms with E-state index in [-0.39, 0.29) is 43.4 Å². The largest absolute Gasteiger partial charge is 0.482 e. The first kappa shape index (κ1) is 32.2. The summed E-state index contributed by atoms with van der Waals surface area (Å²) in [6.45, 7) is 3.35. The van der Waals surface area contributed by atoms with Gasteiger partial charge in [-0.3, -0.25) is 0 Å². The van der Waals surface area contributed by atoms with Crippen LogP contribution in [-0.4, -0.2) is 74.2 Å². The highest BCUT2D eigenvalue weighted by atomic mass is 35.5. The number of hydrogen-bond acceptors (Lipinski definition) is 7. The average molecular weight is 542 g/mol. The Morgan fingerprint density at radius 2 is 1.74 bits per heavy atom. The summed E-state index contributed by atoms with van der Waals surface area (Å²) in [6, 6.07) is 6.55. The molecule has 1 saturated carbocycles. The van der Waals surface area contributed by atoms with Gasteiger partial charge in [0.15, 0.2) is 6.61 Å². The van der Waals surface area contributed by atoms with Crippen molar-refractivity contribution in [1.29, 1.82) is 0 Å². The van der Waals surface area contributed by atoms with E-state index in [1.54, 1.807) is 24.3 Å². The molecule has 1 aromatic rings. The number of urea groups is 1. The van der Waals surface area contributed by atoms with Crippen LogP contribution >= 0.6 is 35.6 Å². The maximum Gasteiger partial charge on any atom is 0.344 e. The van der Waals surface area contributed by atoms with Gasteiger partial charge in [0.25, 0.3) is 0 Å². The second kappa shape index (κ2) is 18.5. The van der Waals surface area contributed by atoms with Crippen LogP contribution in [0.25, 0.3) is 0 Å². The number of alkyl halides is 1. The fraction of sp³-hybridized carbons (Fsp3) is 0.636. The lowest BCUT2D eigenvalue weighted by molar-refractivity contribution is -0.146. The molecule has 12 heteroatoms. The van der Waals surface area contributed by atoms with Crippen molar-refractivity contribution in [3.05, 3.63) is 34.2 Å². The molecule has 2 amide bonds. The lowest BCUT2D eigenvalue weighted by atomic mass is 9.87. The molecule has 0 unspecified atom stereocenters. The van der Waals surface area contributed by atoms with Gasteiger partial charge in [0.05, 0.1) is 11.8 Å². The van der Waals surface area contributed by atoms with Gasteiger partial charge in [0.1, 0.15) is 12.4 Å². The predicted octanol–water partition coefficient (Wildman–Crippen LogP) is 4.74. The number of amides is 2. The molecular formula is C22H35Cl3N4O5. The standard InChI is InChI=1S/C12H16ClNO3.C10H18ClN3O2.ClH/c1-14(2)7-8-16-12(15)9-17-11-5-3-10(13)4-6-11;1-8-2-4-9(5-3-8)12-10(15)14(13-16)7-6-11;/h3-6H,7-9H2,1-2H3;8-9H,2-7H2,1H3,(H,12,15);1H. The van der Waals surface area contributed by atoms with E-state index >= 15 is 0 Å². The van der Waals surface area contributed by atoms with Gasteiger partial charge in [-0.05, 0) is 70.0 Å². The van der Waals surface area contributed by atoms with Crippen LogP contribution in [0.5, 0.6) is 5.75 Å². The van der Waals surface area contributed by atoms with Gasteiger partial charge >= 0.3 is 12.0 Å². The van der Waals surface area contributed by atoms with Gasteiger partial charge < -0.3 is 19.7 Å². The number of halogens is 3. The highest BCUT2D eigenvalue weighted by Crippen LogP contribution is 2.23. The van der Waals surface area contributed by atoms with Crippen molar-refractivity contribution in [1.82, 2.24) is 15.2 Å². The number of carbonyl (C=O) groups is 2. The molecule has 0 bridgehead atoms. The molecule has 1 aromatic carbocycles. The van der Waals surface area contributed by atoms with E-state index in [4.69, 9.17) is 32.7 Å². The highest BCUT2D eigenvalue weighted by molar-refractivity contribution is 6.30. The highest BCUT2D eigenvalue weighted by Gasteiger charge is 2.22. The molecule has 2 rings (SSSR count). The number of likely N-dealkylation sites (N-methyl/N-ethyl adjacent to an activating group) is 1. The fourth-order valence-electron chi connectivity index (χ4n) is 2.97. The molecule has 1 fully saturated rings. The maximum absolute atomic E-state index is 11.6. The van der Waals surface area contributed by atoms with E-state index in [1.807, 2.05) is 19.0 Å². The number of ether oxygens (including phenoxy) is 2. The first-order valence-corrected chi connectivity index (χ1v) is 11.8. The Bertz CT molecular complexity index is 717. The minimum Gasteiger partial charge on any atom is -0.482 e. The van der Waals surface area contributed by atoms with Crippen LogP contribution in [0.1, 0.15) is 32.6 Å². The molecule has 1 aliphatic rings. The summed E-state index contributed by atoms with van der Waals surface area (Å²) >= 11 is 11.2. The first-order valence-electron chi connectivity index (χ1n) is 10.9. The van der Waals surface area contributed by atoms with Crippen LogP contribution in [0.15, 0.2) is 29.6 Å². The second-order valence-electron chi connectivity index (χ2n) is 8.07. The number of hydrogen-bond donors (Lipinski definition) is 1. The summed E-state index contributed by atoms with van der Waals surface area (Å²) in [5.74, 6) is 1.16. The lowest BCUT2D eigenvalue weighted by Crippen LogP contribution is -2.44. The van der Waals surface area contributed by atoms with Crippen LogP contribution in [0, 0.1) is 10.8 Å². The number of benzene rings is 1. The summed E-state index contributed by atoms with van der Waals surface area (Å²) < 4.78 is 10.2. The second-order valence-corrected chi connectivity index (χ2v) is 8.88. The quantitative estimate of drug-likeness (QED) is 0.199. The van der Waals surface area contributed by atoms with Gasteiger partial charge in [-0.2, -0.15) is 5.01 Å². The van der Waals surface area contributed by atoms with E-state index in [1.165, 1.54) is 0 Å². The molecule has 9 nitrogen and oxygen atoms in total. The zero-order valence-electron chi connectivity index (χ0n) is 19.9. The van der Waals surface area contributed by atoms with Crippen molar-refractivity contribution in [2.75, 3.05) is 46.3 Å². The molecule has 1 N–H and O–H groups in total. The van der Waals surface area contributed by atoms with E-state index in [9.17, 15) is 14.5 Å². The molecule has 0 saturated heterocycles. The third kappa shape index (κ3) is 14.5. The first-order chi connectivity index (χ1) is 15.7. The summed E-state index contributed by atoms with van der Waals surface area (Å²) in [6.07, 6.45) is 4.19. The SMILES string of the molecule is CC1CCC(NC(=O)N(CCCl)N=O)CC1.CN(C)CCOC(=O)COc1ccc(Cl)cc1.Cl. The Balaban J connectivity index is 0.000000623. The molecule has 0 aromatic heterocycles. The Labute approximate surface area is 217 Å².